The third-order valence-electron chi connectivity index (χ3n) is 12.7. The Hall–Kier alpha value is -0.0800. The molecule has 0 aliphatic carbocycles. The van der Waals surface area contributed by atoms with Crippen LogP contribution in [0.5, 0.6) is 0 Å². The number of thioether (sulfide) groups is 2. The Bertz CT molecular complexity index is 1790. The third-order valence-corrected chi connectivity index (χ3v) is 16.1. The highest BCUT2D eigenvalue weighted by Crippen LogP contribution is 2.48. The van der Waals surface area contributed by atoms with Crippen LogP contribution in [0.2, 0.25) is 0 Å². The van der Waals surface area contributed by atoms with Gasteiger partial charge in [-0.25, -0.2) is 0 Å². The van der Waals surface area contributed by atoms with Gasteiger partial charge in [0.15, 0.2) is 11.6 Å². The molecule has 10 nitrogen and oxygen atoms in total. The maximum atomic E-state index is 14.1. The summed E-state index contributed by atoms with van der Waals surface area (Å²) in [6.07, 6.45) is 4.11. The summed E-state index contributed by atoms with van der Waals surface area (Å²) < 4.78 is 0. The largest absolute Gasteiger partial charge is 0.367 e. The molecule has 4 fully saturated rings. The summed E-state index contributed by atoms with van der Waals surface area (Å²) in [5.74, 6) is 1.70. The summed E-state index contributed by atoms with van der Waals surface area (Å²) in [6, 6.07) is 14.4. The fourth-order valence-corrected chi connectivity index (χ4v) is 12.8. The molecule has 2 aromatic rings. The summed E-state index contributed by atoms with van der Waals surface area (Å²) in [4.78, 5) is 61.2. The van der Waals surface area contributed by atoms with E-state index in [4.69, 9.17) is 24.4 Å². The Morgan fingerprint density at radius 1 is 0.597 bits per heavy atom. The maximum Gasteiger partial charge on any atom is 0.246 e. The van der Waals surface area contributed by atoms with Crippen molar-refractivity contribution in [2.45, 2.75) is 133 Å². The van der Waals surface area contributed by atoms with Crippen molar-refractivity contribution >= 4 is 189 Å². The van der Waals surface area contributed by atoms with Crippen LogP contribution in [0.15, 0.2) is 48.5 Å². The van der Waals surface area contributed by atoms with Crippen molar-refractivity contribution in [2.24, 2.45) is 10.8 Å². The van der Waals surface area contributed by atoms with Crippen LogP contribution in [0.25, 0.3) is 0 Å². The lowest BCUT2D eigenvalue weighted by Crippen LogP contribution is -2.56. The number of hydrogen-bond acceptors (Lipinski definition) is 10. The van der Waals surface area contributed by atoms with Crippen molar-refractivity contribution in [1.29, 1.82) is 0 Å². The molecule has 4 aliphatic heterocycles. The van der Waals surface area contributed by atoms with E-state index < -0.39 is 24.2 Å². The van der Waals surface area contributed by atoms with E-state index in [1.54, 1.807) is 23.5 Å². The average molecular weight is 1150 g/mol. The van der Waals surface area contributed by atoms with Gasteiger partial charge in [0.1, 0.15) is 12.1 Å². The molecule has 6 rings (SSSR count). The first-order valence-corrected chi connectivity index (χ1v) is 23.9. The van der Waals surface area contributed by atoms with E-state index in [1.807, 2.05) is 62.0 Å². The minimum atomic E-state index is -0.509. The van der Waals surface area contributed by atoms with Crippen molar-refractivity contribution in [3.63, 3.8) is 0 Å². The molecule has 67 heavy (non-hydrogen) atoms. The third kappa shape index (κ3) is 17.0. The summed E-state index contributed by atoms with van der Waals surface area (Å²) in [6.45, 7) is 12.4. The molecule has 8 atom stereocenters. The number of carbonyl (C=O) groups is 4. The van der Waals surface area contributed by atoms with Gasteiger partial charge in [0.2, 0.25) is 11.8 Å². The van der Waals surface area contributed by atoms with Crippen LogP contribution in [0, 0.1) is 10.8 Å². The molecule has 0 unspecified atom stereocenters. The Morgan fingerprint density at radius 3 is 1.19 bits per heavy atom. The van der Waals surface area contributed by atoms with Gasteiger partial charge in [-0.3, -0.25) is 19.2 Å². The van der Waals surface area contributed by atoms with E-state index in [1.165, 1.54) is 0 Å². The fourth-order valence-electron chi connectivity index (χ4n) is 9.16. The van der Waals surface area contributed by atoms with Gasteiger partial charge < -0.3 is 31.1 Å². The van der Waals surface area contributed by atoms with Crippen molar-refractivity contribution in [1.82, 2.24) is 31.1 Å². The van der Waals surface area contributed by atoms with Crippen molar-refractivity contribution in [3.05, 3.63) is 70.8 Å². The summed E-state index contributed by atoms with van der Waals surface area (Å²) in [5, 5.41) is 12.8. The van der Waals surface area contributed by atoms with Crippen LogP contribution in [0.1, 0.15) is 89.5 Å². The zero-order valence-electron chi connectivity index (χ0n) is 39.8. The van der Waals surface area contributed by atoms with Gasteiger partial charge in [-0.1, -0.05) is 101 Å². The van der Waals surface area contributed by atoms with Crippen molar-refractivity contribution in [3.8, 4) is 0 Å². The van der Waals surface area contributed by atoms with E-state index >= 15 is 0 Å². The normalized spacial score (nSPS) is 23.9. The van der Waals surface area contributed by atoms with Crippen LogP contribution in [0.3, 0.4) is 0 Å². The highest BCUT2D eigenvalue weighted by molar-refractivity contribution is 8.00. The number of likely N-dealkylation sites (N-methyl/N-ethyl adjacent to an activating group) is 2. The van der Waals surface area contributed by atoms with E-state index in [9.17, 15) is 19.2 Å². The number of nitrogens with one attached hydrogen (secondary N) is 4. The second kappa shape index (κ2) is 30.8. The highest BCUT2D eigenvalue weighted by atomic mass is 32.2. The number of fused-ring (bicyclic) bond motifs is 2. The van der Waals surface area contributed by atoms with E-state index in [2.05, 4.69) is 73.2 Å². The standard InChI is InChI=1S/C45H62N6O4S4.8H2S/c1-26(46-7)40(56)48-32-17-19-58-36-24-44(3,4)38(50(36)42(32)54)34(52)22-30-13-9-28(10-14-30)21-29-11-15-31(16-12-29)23-35(53)39-45(5,6)25-37-51(39)43(55)33(18-20-59-37)49-41(57)27(2)47-8;;;;;;;;/h9-16,26-27,32-33,36-39,46-47H,17-25H2,1-8H3,(H,48,56)(H,49,57);8*1H2/t26-,27-,32-,33-,36-,37-,38+,39+;;;;;;;;/m0......../s1. The molecule has 4 N–H and O–H groups in total. The first-order chi connectivity index (χ1) is 27.9. The SMILES string of the molecule is CN[C@@H](C)C(=S)N[C@H]1CCS[C@H]2CC(C)(C)[C@@H](C(=O)Cc3ccc(Cc4ccc(CC(=O)[C@H]5N6C(=O)[C@@H](NC(=S)[C@H](C)NC)CCS[C@H]6CC5(C)C)cc4)cc3)N2C1=O.S.S.S.S.S.S.S.S. The first kappa shape index (κ1) is 71.2. The summed E-state index contributed by atoms with van der Waals surface area (Å²) in [5.41, 5.74) is 3.40. The highest BCUT2D eigenvalue weighted by Gasteiger charge is 2.55. The molecule has 2 aromatic carbocycles. The number of Topliss-reactive ketones (excluding diaryl/α,β-unsaturated/α-hetero) is 2. The van der Waals surface area contributed by atoms with E-state index in [-0.39, 0.29) is 178 Å². The number of rotatable bonds is 14. The fraction of sp³-hybridized carbons (Fsp3) is 0.600. The molecule has 22 heteroatoms. The Kier molecular flexibility index (Phi) is 32.8. The quantitative estimate of drug-likeness (QED) is 0.158. The molecule has 0 bridgehead atoms. The number of hydrogen-bond donors (Lipinski definition) is 4. The number of amides is 2. The lowest BCUT2D eigenvalue weighted by atomic mass is 9.81. The molecular weight excluding hydrogens is 1070 g/mol. The van der Waals surface area contributed by atoms with Crippen LogP contribution in [-0.4, -0.2) is 116 Å². The van der Waals surface area contributed by atoms with Gasteiger partial charge in [0.05, 0.1) is 44.9 Å². The maximum absolute atomic E-state index is 14.1. The number of benzene rings is 2. The molecule has 0 radical (unpaired) electrons. The average Bonchev–Trinajstić information content (AvgIpc) is 3.51. The predicted octanol–water partition coefficient (Wildman–Crippen LogP) is 6.37. The van der Waals surface area contributed by atoms with Crippen molar-refractivity contribution in [2.75, 3.05) is 25.6 Å². The molecule has 0 saturated carbocycles. The van der Waals surface area contributed by atoms with Gasteiger partial charge in [0.25, 0.3) is 0 Å². The Labute approximate surface area is 475 Å². The monoisotopic (exact) mass is 1150 g/mol. The lowest BCUT2D eigenvalue weighted by Gasteiger charge is -2.34. The smallest absolute Gasteiger partial charge is 0.246 e. The van der Waals surface area contributed by atoms with Gasteiger partial charge in [0, 0.05) is 12.8 Å². The van der Waals surface area contributed by atoms with E-state index in [0.29, 0.717) is 29.2 Å². The van der Waals surface area contributed by atoms with Gasteiger partial charge >= 0.3 is 0 Å². The second-order valence-corrected chi connectivity index (χ2v) is 21.6. The topological polar surface area (TPSA) is 123 Å². The molecule has 0 aromatic heterocycles. The minimum absolute atomic E-state index is 0. The van der Waals surface area contributed by atoms with Crippen LogP contribution in [-0.2, 0) is 38.4 Å². The number of thiocarbonyl (C=S) groups is 2. The van der Waals surface area contributed by atoms with Crippen molar-refractivity contribution < 1.29 is 19.2 Å². The zero-order chi connectivity index (χ0) is 42.8. The Morgan fingerprint density at radius 2 is 0.896 bits per heavy atom. The molecule has 384 valence electrons. The lowest BCUT2D eigenvalue weighted by molar-refractivity contribution is -0.141. The second-order valence-electron chi connectivity index (χ2n) is 18.1. The van der Waals surface area contributed by atoms with Crippen LogP contribution >= 0.6 is 156 Å². The summed E-state index contributed by atoms with van der Waals surface area (Å²) >= 11 is 14.7. The minimum Gasteiger partial charge on any atom is -0.367 e. The van der Waals surface area contributed by atoms with Gasteiger partial charge in [-0.2, -0.15) is 108 Å². The predicted molar refractivity (Wildman–Crippen MR) is 332 cm³/mol. The molecule has 4 aliphatic rings. The van der Waals surface area contributed by atoms with Gasteiger partial charge in [-0.15, -0.1) is 23.5 Å². The molecule has 4 saturated heterocycles. The first-order valence-electron chi connectivity index (χ1n) is 21.0. The molecular formula is C45H78N6O4S12. The summed E-state index contributed by atoms with van der Waals surface area (Å²) in [7, 11) is 3.69. The zero-order valence-corrected chi connectivity index (χ0v) is 51.0. The number of carbonyl (C=O) groups excluding carboxylic acids is 4. The van der Waals surface area contributed by atoms with Gasteiger partial charge in [-0.05, 0) is 105 Å². The van der Waals surface area contributed by atoms with Crippen LogP contribution in [0.4, 0.5) is 0 Å². The number of ketones is 2. The molecule has 2 amide bonds. The number of nitrogens with zero attached hydrogens (tertiary/aromatic N) is 2. The molecule has 4 heterocycles. The van der Waals surface area contributed by atoms with E-state index in [0.717, 1.165) is 46.6 Å². The molecule has 0 spiro atoms. The van der Waals surface area contributed by atoms with Crippen LogP contribution < -0.4 is 21.3 Å². The Balaban J connectivity index is -0.00000512.